The molecule has 1 amide bonds. The zero-order valence-corrected chi connectivity index (χ0v) is 9.76. The van der Waals surface area contributed by atoms with Gasteiger partial charge in [0.1, 0.15) is 5.69 Å². The van der Waals surface area contributed by atoms with Crippen molar-refractivity contribution in [1.82, 2.24) is 10.2 Å². The van der Waals surface area contributed by atoms with Crippen LogP contribution in [0.15, 0.2) is 29.1 Å². The lowest BCUT2D eigenvalue weighted by Gasteiger charge is -2.05. The van der Waals surface area contributed by atoms with Crippen molar-refractivity contribution in [2.24, 2.45) is 0 Å². The molecule has 2 rings (SSSR count). The predicted octanol–water partition coefficient (Wildman–Crippen LogP) is 1.92. The number of hydrogen-bond donors (Lipinski definition) is 3. The molecule has 0 saturated heterocycles. The Bertz CT molecular complexity index is 615. The first-order valence-corrected chi connectivity index (χ1v) is 5.29. The summed E-state index contributed by atoms with van der Waals surface area (Å²) >= 11 is 5.93. The van der Waals surface area contributed by atoms with Crippen molar-refractivity contribution in [3.63, 3.8) is 0 Å². The van der Waals surface area contributed by atoms with Gasteiger partial charge >= 0.3 is 0 Å². The highest BCUT2D eigenvalue weighted by molar-refractivity contribution is 6.31. The Hall–Kier alpha value is -2.01. The molecule has 0 radical (unpaired) electrons. The lowest BCUT2D eigenvalue weighted by molar-refractivity contribution is 0.102. The Morgan fingerprint density at radius 2 is 2.06 bits per heavy atom. The minimum absolute atomic E-state index is 0.173. The lowest BCUT2D eigenvalue weighted by atomic mass is 10.2. The van der Waals surface area contributed by atoms with Gasteiger partial charge in [-0.15, -0.1) is 0 Å². The van der Waals surface area contributed by atoms with E-state index in [9.17, 15) is 9.59 Å². The Kier molecular flexibility index (Phi) is 3.01. The van der Waals surface area contributed by atoms with E-state index in [2.05, 4.69) is 15.5 Å². The van der Waals surface area contributed by atoms with E-state index < -0.39 is 5.91 Å². The zero-order valence-electron chi connectivity index (χ0n) is 9.00. The highest BCUT2D eigenvalue weighted by Gasteiger charge is 2.08. The molecule has 1 aromatic carbocycles. The van der Waals surface area contributed by atoms with Crippen LogP contribution in [0.25, 0.3) is 0 Å². The molecule has 17 heavy (non-hydrogen) atoms. The van der Waals surface area contributed by atoms with Gasteiger partial charge in [-0.25, -0.2) is 0 Å². The first-order chi connectivity index (χ1) is 8.06. The number of hydrogen-bond acceptors (Lipinski definition) is 2. The summed E-state index contributed by atoms with van der Waals surface area (Å²) in [5.41, 5.74) is 1.33. The van der Waals surface area contributed by atoms with E-state index in [1.807, 2.05) is 6.92 Å². The Labute approximate surface area is 102 Å². The molecule has 0 aliphatic heterocycles. The van der Waals surface area contributed by atoms with Gasteiger partial charge in [0.05, 0.1) is 0 Å². The van der Waals surface area contributed by atoms with Gasteiger partial charge < -0.3 is 5.32 Å². The van der Waals surface area contributed by atoms with Crippen LogP contribution in [-0.2, 0) is 0 Å². The number of benzene rings is 1. The number of aryl methyl sites for hydroxylation is 1. The Morgan fingerprint density at radius 3 is 2.65 bits per heavy atom. The van der Waals surface area contributed by atoms with Gasteiger partial charge in [0.25, 0.3) is 11.5 Å². The fourth-order valence-corrected chi connectivity index (χ4v) is 1.50. The van der Waals surface area contributed by atoms with Gasteiger partial charge in [-0.2, -0.15) is 0 Å². The monoisotopic (exact) mass is 251 g/mol. The molecule has 1 aromatic heterocycles. The molecule has 6 heteroatoms. The number of halogens is 1. The van der Waals surface area contributed by atoms with Gasteiger partial charge in [-0.3, -0.25) is 19.8 Å². The molecule has 0 aliphatic rings. The standard InChI is InChI=1S/C11H10ClN3O2/c1-6-2-3-7(4-8(6)12)13-11(17)9-5-10(16)15-14-9/h2-5H,1H3,(H,13,17)(H2,14,15,16). The number of rotatable bonds is 2. The molecular weight excluding hydrogens is 242 g/mol. The van der Waals surface area contributed by atoms with Crippen molar-refractivity contribution in [2.45, 2.75) is 6.92 Å². The summed E-state index contributed by atoms with van der Waals surface area (Å²) < 4.78 is 0. The van der Waals surface area contributed by atoms with Crippen molar-refractivity contribution in [3.8, 4) is 0 Å². The summed E-state index contributed by atoms with van der Waals surface area (Å²) in [6.45, 7) is 1.87. The Morgan fingerprint density at radius 1 is 1.29 bits per heavy atom. The zero-order chi connectivity index (χ0) is 12.4. The van der Waals surface area contributed by atoms with Crippen LogP contribution in [-0.4, -0.2) is 16.1 Å². The van der Waals surface area contributed by atoms with Gasteiger partial charge in [0.2, 0.25) is 0 Å². The second kappa shape index (κ2) is 4.47. The fourth-order valence-electron chi connectivity index (χ4n) is 1.32. The summed E-state index contributed by atoms with van der Waals surface area (Å²) in [6, 6.07) is 6.38. The molecule has 3 N–H and O–H groups in total. The highest BCUT2D eigenvalue weighted by atomic mass is 35.5. The van der Waals surface area contributed by atoms with E-state index in [0.717, 1.165) is 5.56 Å². The van der Waals surface area contributed by atoms with Gasteiger partial charge in [-0.1, -0.05) is 17.7 Å². The van der Waals surface area contributed by atoms with Gasteiger partial charge in [0.15, 0.2) is 0 Å². The maximum Gasteiger partial charge on any atom is 0.273 e. The van der Waals surface area contributed by atoms with E-state index in [1.165, 1.54) is 6.07 Å². The maximum atomic E-state index is 11.7. The van der Waals surface area contributed by atoms with Gasteiger partial charge in [0, 0.05) is 16.8 Å². The quantitative estimate of drug-likeness (QED) is 0.763. The van der Waals surface area contributed by atoms with Crippen LogP contribution >= 0.6 is 11.6 Å². The summed E-state index contributed by atoms with van der Waals surface area (Å²) in [6.07, 6.45) is 0. The number of aromatic amines is 2. The molecule has 0 unspecified atom stereocenters. The summed E-state index contributed by atoms with van der Waals surface area (Å²) in [4.78, 5) is 22.5. The molecular formula is C11H10ClN3O2. The number of amides is 1. The molecule has 1 heterocycles. The van der Waals surface area contributed by atoms with Crippen molar-refractivity contribution in [3.05, 3.63) is 50.9 Å². The highest BCUT2D eigenvalue weighted by Crippen LogP contribution is 2.20. The SMILES string of the molecule is Cc1ccc(NC(=O)c2cc(=O)[nH][nH]2)cc1Cl. The molecule has 0 saturated carbocycles. The third kappa shape index (κ3) is 2.57. The molecule has 88 valence electrons. The van der Waals surface area contributed by atoms with Crippen LogP contribution in [0.4, 0.5) is 5.69 Å². The minimum atomic E-state index is -0.400. The average molecular weight is 252 g/mol. The molecule has 0 atom stereocenters. The number of carbonyl (C=O) groups is 1. The van der Waals surface area contributed by atoms with E-state index in [-0.39, 0.29) is 11.3 Å². The van der Waals surface area contributed by atoms with Crippen LogP contribution in [0.2, 0.25) is 5.02 Å². The summed E-state index contributed by atoms with van der Waals surface area (Å²) in [5, 5.41) is 7.96. The number of anilines is 1. The topological polar surface area (TPSA) is 77.8 Å². The van der Waals surface area contributed by atoms with Crippen molar-refractivity contribution in [1.29, 1.82) is 0 Å². The smallest absolute Gasteiger partial charge is 0.273 e. The van der Waals surface area contributed by atoms with E-state index in [0.29, 0.717) is 10.7 Å². The van der Waals surface area contributed by atoms with Crippen LogP contribution in [0.5, 0.6) is 0 Å². The Balaban J connectivity index is 2.18. The molecule has 0 aliphatic carbocycles. The van der Waals surface area contributed by atoms with E-state index in [4.69, 9.17) is 11.6 Å². The van der Waals surface area contributed by atoms with Crippen LogP contribution in [0.3, 0.4) is 0 Å². The predicted molar refractivity (Wildman–Crippen MR) is 65.6 cm³/mol. The van der Waals surface area contributed by atoms with E-state index >= 15 is 0 Å². The fraction of sp³-hybridized carbons (Fsp3) is 0.0909. The molecule has 0 fully saturated rings. The second-order valence-corrected chi connectivity index (χ2v) is 4.00. The lowest BCUT2D eigenvalue weighted by Crippen LogP contribution is -2.12. The average Bonchev–Trinajstić information content (AvgIpc) is 2.70. The van der Waals surface area contributed by atoms with Crippen molar-refractivity contribution in [2.75, 3.05) is 5.32 Å². The maximum absolute atomic E-state index is 11.7. The van der Waals surface area contributed by atoms with Gasteiger partial charge in [-0.05, 0) is 24.6 Å². The summed E-state index contributed by atoms with van der Waals surface area (Å²) in [7, 11) is 0. The first kappa shape index (κ1) is 11.5. The summed E-state index contributed by atoms with van der Waals surface area (Å²) in [5.74, 6) is -0.400. The van der Waals surface area contributed by atoms with Crippen molar-refractivity contribution >= 4 is 23.2 Å². The number of aromatic nitrogens is 2. The third-order valence-corrected chi connectivity index (χ3v) is 2.68. The number of nitrogens with one attached hydrogen (secondary N) is 3. The third-order valence-electron chi connectivity index (χ3n) is 2.27. The van der Waals surface area contributed by atoms with Crippen LogP contribution in [0, 0.1) is 6.92 Å². The number of carbonyl (C=O) groups excluding carboxylic acids is 1. The van der Waals surface area contributed by atoms with E-state index in [1.54, 1.807) is 18.2 Å². The normalized spacial score (nSPS) is 10.2. The molecule has 0 bridgehead atoms. The first-order valence-electron chi connectivity index (χ1n) is 4.91. The second-order valence-electron chi connectivity index (χ2n) is 3.59. The van der Waals surface area contributed by atoms with Crippen molar-refractivity contribution < 1.29 is 4.79 Å². The minimum Gasteiger partial charge on any atom is -0.321 e. The molecule has 0 spiro atoms. The van der Waals surface area contributed by atoms with Crippen LogP contribution in [0.1, 0.15) is 16.1 Å². The molecule has 5 nitrogen and oxygen atoms in total. The number of H-pyrrole nitrogens is 2. The largest absolute Gasteiger partial charge is 0.321 e. The van der Waals surface area contributed by atoms with Crippen LogP contribution < -0.4 is 10.9 Å². The molecule has 2 aromatic rings.